The number of aromatic nitrogens is 2. The molecule has 104 valence electrons. The smallest absolute Gasteiger partial charge is 0.226 e. The molecular weight excluding hydrogens is 272 g/mol. The maximum atomic E-state index is 11.5. The van der Waals surface area contributed by atoms with Gasteiger partial charge in [-0.15, -0.1) is 22.6 Å². The fraction of sp³-hybridized carbons (Fsp3) is 0.727. The third kappa shape index (κ3) is 5.75. The highest BCUT2D eigenvalue weighted by Gasteiger charge is 2.19. The Morgan fingerprint density at radius 2 is 2.00 bits per heavy atom. The van der Waals surface area contributed by atoms with Gasteiger partial charge in [0.2, 0.25) is 11.0 Å². The Morgan fingerprint density at radius 3 is 2.50 bits per heavy atom. The van der Waals surface area contributed by atoms with Crippen LogP contribution in [0.25, 0.3) is 0 Å². The van der Waals surface area contributed by atoms with Gasteiger partial charge in [0.15, 0.2) is 0 Å². The van der Waals surface area contributed by atoms with Crippen LogP contribution in [0.2, 0.25) is 0 Å². The summed E-state index contributed by atoms with van der Waals surface area (Å²) >= 11 is 1.44. The van der Waals surface area contributed by atoms with Crippen LogP contribution in [-0.4, -0.2) is 29.7 Å². The predicted molar refractivity (Wildman–Crippen MR) is 77.6 cm³/mol. The average molecular weight is 293 g/mol. The van der Waals surface area contributed by atoms with Crippen LogP contribution >= 0.6 is 23.7 Å². The van der Waals surface area contributed by atoms with E-state index in [4.69, 9.17) is 0 Å². The number of nitrogens with one attached hydrogen (secondary N) is 2. The minimum absolute atomic E-state index is 0. The number of amides is 1. The van der Waals surface area contributed by atoms with Crippen molar-refractivity contribution in [2.24, 2.45) is 0 Å². The van der Waals surface area contributed by atoms with Crippen molar-refractivity contribution in [3.63, 3.8) is 0 Å². The zero-order valence-corrected chi connectivity index (χ0v) is 12.9. The highest BCUT2D eigenvalue weighted by atomic mass is 35.5. The number of halogens is 1. The van der Waals surface area contributed by atoms with Crippen LogP contribution in [0.1, 0.15) is 38.6 Å². The molecule has 0 bridgehead atoms. The van der Waals surface area contributed by atoms with E-state index < -0.39 is 0 Å². The molecule has 1 heterocycles. The first-order valence-corrected chi connectivity index (χ1v) is 6.53. The number of carbonyl (C=O) groups is 1. The Hall–Kier alpha value is -0.720. The molecular formula is C11H21ClN4OS. The Labute approximate surface area is 118 Å². The summed E-state index contributed by atoms with van der Waals surface area (Å²) in [6.45, 7) is 7.07. The molecule has 0 aliphatic rings. The van der Waals surface area contributed by atoms with Gasteiger partial charge in [0.05, 0.1) is 0 Å². The quantitative estimate of drug-likeness (QED) is 0.817. The molecule has 0 aliphatic heterocycles. The van der Waals surface area contributed by atoms with Gasteiger partial charge < -0.3 is 10.6 Å². The van der Waals surface area contributed by atoms with Gasteiger partial charge >= 0.3 is 0 Å². The molecule has 0 spiro atoms. The fourth-order valence-electron chi connectivity index (χ4n) is 1.18. The van der Waals surface area contributed by atoms with Crippen LogP contribution in [0.5, 0.6) is 0 Å². The molecule has 2 N–H and O–H groups in total. The number of carbonyl (C=O) groups excluding carboxylic acids is 1. The number of hydrogen-bond donors (Lipinski definition) is 2. The molecule has 5 nitrogen and oxygen atoms in total. The van der Waals surface area contributed by atoms with Crippen molar-refractivity contribution in [1.29, 1.82) is 0 Å². The Balaban J connectivity index is 0.00000289. The first-order chi connectivity index (χ1) is 7.93. The zero-order valence-electron chi connectivity index (χ0n) is 11.2. The Kier molecular flexibility index (Phi) is 7.35. The van der Waals surface area contributed by atoms with Crippen molar-refractivity contribution < 1.29 is 4.79 Å². The van der Waals surface area contributed by atoms with E-state index in [1.807, 2.05) is 7.05 Å². The summed E-state index contributed by atoms with van der Waals surface area (Å²) in [6.07, 6.45) is 1.33. The second-order valence-corrected chi connectivity index (χ2v) is 5.90. The fourth-order valence-corrected chi connectivity index (χ4v) is 2.00. The minimum Gasteiger partial charge on any atom is -0.320 e. The first-order valence-electron chi connectivity index (χ1n) is 5.72. The van der Waals surface area contributed by atoms with Gasteiger partial charge in [-0.1, -0.05) is 32.1 Å². The average Bonchev–Trinajstić information content (AvgIpc) is 2.66. The van der Waals surface area contributed by atoms with E-state index in [2.05, 4.69) is 41.6 Å². The molecule has 0 radical (unpaired) electrons. The largest absolute Gasteiger partial charge is 0.320 e. The molecule has 0 aromatic carbocycles. The summed E-state index contributed by atoms with van der Waals surface area (Å²) in [4.78, 5) is 11.5. The van der Waals surface area contributed by atoms with Gasteiger partial charge in [-0.25, -0.2) is 0 Å². The van der Waals surface area contributed by atoms with Gasteiger partial charge in [-0.05, 0) is 20.0 Å². The maximum Gasteiger partial charge on any atom is 0.226 e. The molecule has 1 amide bonds. The van der Waals surface area contributed by atoms with Gasteiger partial charge in [-0.3, -0.25) is 4.79 Å². The summed E-state index contributed by atoms with van der Waals surface area (Å²) in [5.41, 5.74) is -0.0211. The molecule has 0 fully saturated rings. The van der Waals surface area contributed by atoms with Gasteiger partial charge in [0.25, 0.3) is 0 Å². The van der Waals surface area contributed by atoms with Crippen LogP contribution in [0.15, 0.2) is 0 Å². The van der Waals surface area contributed by atoms with E-state index in [0.717, 1.165) is 18.0 Å². The summed E-state index contributed by atoms with van der Waals surface area (Å²) in [7, 11) is 1.87. The van der Waals surface area contributed by atoms with Crippen molar-refractivity contribution in [3.05, 3.63) is 5.01 Å². The summed E-state index contributed by atoms with van der Waals surface area (Å²) in [5, 5.41) is 15.3. The second-order valence-electron chi connectivity index (χ2n) is 4.92. The highest BCUT2D eigenvalue weighted by Crippen LogP contribution is 2.27. The van der Waals surface area contributed by atoms with Crippen LogP contribution in [0.3, 0.4) is 0 Å². The summed E-state index contributed by atoms with van der Waals surface area (Å²) in [5.74, 6) is -0.00291. The molecule has 7 heteroatoms. The lowest BCUT2D eigenvalue weighted by Gasteiger charge is -2.12. The van der Waals surface area contributed by atoms with E-state index in [0.29, 0.717) is 11.6 Å². The molecule has 1 rings (SSSR count). The topological polar surface area (TPSA) is 66.9 Å². The number of anilines is 1. The van der Waals surface area contributed by atoms with Crippen molar-refractivity contribution in [2.45, 2.75) is 39.0 Å². The maximum absolute atomic E-state index is 11.5. The van der Waals surface area contributed by atoms with E-state index in [1.54, 1.807) is 0 Å². The molecule has 1 aromatic rings. The minimum atomic E-state index is -0.0211. The van der Waals surface area contributed by atoms with Crippen LogP contribution in [0, 0.1) is 0 Å². The molecule has 0 aliphatic carbocycles. The van der Waals surface area contributed by atoms with Gasteiger partial charge in [0.1, 0.15) is 5.01 Å². The van der Waals surface area contributed by atoms with Crippen molar-refractivity contribution in [2.75, 3.05) is 18.9 Å². The van der Waals surface area contributed by atoms with Gasteiger partial charge in [-0.2, -0.15) is 0 Å². The standard InChI is InChI=1S/C11H20N4OS.ClH/c1-11(2,3)9-14-15-10(17-9)13-8(16)6-5-7-12-4;/h12H,5-7H2,1-4H3,(H,13,15,16);1H. The zero-order chi connectivity index (χ0) is 12.9. The monoisotopic (exact) mass is 292 g/mol. The van der Waals surface area contributed by atoms with Crippen LogP contribution in [-0.2, 0) is 10.2 Å². The summed E-state index contributed by atoms with van der Waals surface area (Å²) < 4.78 is 0. The first kappa shape index (κ1) is 17.3. The number of rotatable bonds is 5. The van der Waals surface area contributed by atoms with E-state index >= 15 is 0 Å². The van der Waals surface area contributed by atoms with Crippen molar-refractivity contribution >= 4 is 34.8 Å². The molecule has 0 saturated heterocycles. The van der Waals surface area contributed by atoms with E-state index in [9.17, 15) is 4.79 Å². The Bertz CT molecular complexity index is 375. The third-order valence-corrected chi connectivity index (χ3v) is 3.41. The highest BCUT2D eigenvalue weighted by molar-refractivity contribution is 7.15. The lowest BCUT2D eigenvalue weighted by molar-refractivity contribution is -0.116. The predicted octanol–water partition coefficient (Wildman–Crippen LogP) is 2.20. The normalized spacial score (nSPS) is 10.9. The van der Waals surface area contributed by atoms with Crippen molar-refractivity contribution in [1.82, 2.24) is 15.5 Å². The molecule has 0 saturated carbocycles. The summed E-state index contributed by atoms with van der Waals surface area (Å²) in [6, 6.07) is 0. The van der Waals surface area contributed by atoms with Crippen LogP contribution < -0.4 is 10.6 Å². The Morgan fingerprint density at radius 1 is 1.33 bits per heavy atom. The number of hydrogen-bond acceptors (Lipinski definition) is 5. The number of nitrogens with zero attached hydrogens (tertiary/aromatic N) is 2. The van der Waals surface area contributed by atoms with E-state index in [-0.39, 0.29) is 23.7 Å². The van der Waals surface area contributed by atoms with Crippen molar-refractivity contribution in [3.8, 4) is 0 Å². The molecule has 0 atom stereocenters. The molecule has 0 unspecified atom stereocenters. The lowest BCUT2D eigenvalue weighted by atomic mass is 9.98. The molecule has 1 aromatic heterocycles. The second kappa shape index (κ2) is 7.66. The lowest BCUT2D eigenvalue weighted by Crippen LogP contribution is -2.15. The van der Waals surface area contributed by atoms with E-state index in [1.165, 1.54) is 11.3 Å². The van der Waals surface area contributed by atoms with Gasteiger partial charge in [0, 0.05) is 11.8 Å². The molecule has 18 heavy (non-hydrogen) atoms. The SMILES string of the molecule is CNCCCC(=O)Nc1nnc(C(C)(C)C)s1.Cl. The van der Waals surface area contributed by atoms with Crippen LogP contribution in [0.4, 0.5) is 5.13 Å². The third-order valence-electron chi connectivity index (χ3n) is 2.14.